The highest BCUT2D eigenvalue weighted by Gasteiger charge is 2.16. The number of aliphatic imine (C=N–C) groups is 1. The van der Waals surface area contributed by atoms with Crippen LogP contribution in [0.2, 0.25) is 0 Å². The van der Waals surface area contributed by atoms with Crippen molar-refractivity contribution in [3.8, 4) is 0 Å². The van der Waals surface area contributed by atoms with Gasteiger partial charge in [0.2, 0.25) is 5.89 Å². The Kier molecular flexibility index (Phi) is 5.11. The summed E-state index contributed by atoms with van der Waals surface area (Å²) in [6, 6.07) is 6.00. The van der Waals surface area contributed by atoms with E-state index in [-0.39, 0.29) is 28.0 Å². The maximum atomic E-state index is 12.9. The molecule has 5 nitrogen and oxygen atoms in total. The van der Waals surface area contributed by atoms with E-state index in [1.54, 1.807) is 26.0 Å². The van der Waals surface area contributed by atoms with Crippen molar-refractivity contribution >= 4 is 29.0 Å². The van der Waals surface area contributed by atoms with E-state index in [9.17, 15) is 9.50 Å². The first-order valence-electron chi connectivity index (χ1n) is 6.51. The molecule has 0 aliphatic heterocycles. The molecule has 2 aromatic rings. The Morgan fingerprint density at radius 1 is 1.36 bits per heavy atom. The Balaban J connectivity index is 2.28. The molecule has 1 N–H and O–H groups in total. The number of rotatable bonds is 5. The van der Waals surface area contributed by atoms with Crippen molar-refractivity contribution in [2.45, 2.75) is 20.3 Å². The second-order valence-corrected chi connectivity index (χ2v) is 5.06. The lowest BCUT2D eigenvalue weighted by molar-refractivity contribution is 0.439. The third-order valence-electron chi connectivity index (χ3n) is 2.75. The van der Waals surface area contributed by atoms with E-state index >= 15 is 0 Å². The molecular weight excluding hydrogens is 305 g/mol. The molecule has 0 spiro atoms. The van der Waals surface area contributed by atoms with Crippen LogP contribution in [0.25, 0.3) is 5.70 Å². The maximum Gasteiger partial charge on any atom is 0.270 e. The van der Waals surface area contributed by atoms with Gasteiger partial charge in [-0.3, -0.25) is 4.99 Å². The van der Waals surface area contributed by atoms with Crippen LogP contribution in [-0.2, 0) is 6.42 Å². The summed E-state index contributed by atoms with van der Waals surface area (Å²) in [7, 11) is 0. The van der Waals surface area contributed by atoms with Crippen LogP contribution in [0.4, 0.5) is 4.39 Å². The van der Waals surface area contributed by atoms with Gasteiger partial charge >= 0.3 is 0 Å². The van der Waals surface area contributed by atoms with Gasteiger partial charge in [-0.05, 0) is 31.5 Å². The Bertz CT molecular complexity index is 736. The molecular formula is C15H14FN3O2S. The maximum absolute atomic E-state index is 12.9. The number of hydrogen-bond acceptors (Lipinski definition) is 6. The predicted octanol–water partition coefficient (Wildman–Crippen LogP) is 3.51. The number of aliphatic hydroxyl groups is 1. The summed E-state index contributed by atoms with van der Waals surface area (Å²) >= 11 is 4.93. The summed E-state index contributed by atoms with van der Waals surface area (Å²) in [4.78, 5) is 4.30. The minimum absolute atomic E-state index is 0.0805. The number of benzene rings is 1. The monoisotopic (exact) mass is 319 g/mol. The van der Waals surface area contributed by atoms with Crippen LogP contribution in [0.1, 0.15) is 31.2 Å². The number of allylic oxidation sites excluding steroid dienone is 1. The number of aromatic nitrogens is 2. The second-order valence-electron chi connectivity index (χ2n) is 4.44. The van der Waals surface area contributed by atoms with E-state index in [1.807, 2.05) is 0 Å². The Hall–Kier alpha value is -2.41. The third kappa shape index (κ3) is 3.82. The molecule has 0 aliphatic carbocycles. The Morgan fingerprint density at radius 2 is 2.05 bits per heavy atom. The quantitative estimate of drug-likeness (QED) is 0.395. The second kappa shape index (κ2) is 7.04. The van der Waals surface area contributed by atoms with Crippen molar-refractivity contribution in [3.05, 3.63) is 53.2 Å². The first-order chi connectivity index (χ1) is 10.5. The molecule has 1 aromatic carbocycles. The van der Waals surface area contributed by atoms with Crippen molar-refractivity contribution in [1.29, 1.82) is 0 Å². The fraction of sp³-hybridized carbons (Fsp3) is 0.200. The van der Waals surface area contributed by atoms with Gasteiger partial charge in [-0.15, -0.1) is 10.2 Å². The van der Waals surface area contributed by atoms with Crippen LogP contribution in [0.15, 0.2) is 39.4 Å². The average molecular weight is 319 g/mol. The molecule has 2 rings (SSSR count). The van der Waals surface area contributed by atoms with Gasteiger partial charge < -0.3 is 9.52 Å². The molecule has 0 atom stereocenters. The van der Waals surface area contributed by atoms with Crippen molar-refractivity contribution < 1.29 is 13.9 Å². The zero-order chi connectivity index (χ0) is 16.1. The number of thiocarbonyl (C=S) groups is 1. The summed E-state index contributed by atoms with van der Waals surface area (Å²) in [5.74, 6) is -0.0684. The molecule has 0 unspecified atom stereocenters. The van der Waals surface area contributed by atoms with E-state index in [1.165, 1.54) is 18.3 Å². The first kappa shape index (κ1) is 16.0. The minimum atomic E-state index is -0.307. The number of aliphatic hydroxyl groups excluding tert-OH is 1. The van der Waals surface area contributed by atoms with E-state index in [0.717, 1.165) is 5.56 Å². The van der Waals surface area contributed by atoms with E-state index < -0.39 is 0 Å². The van der Waals surface area contributed by atoms with Crippen LogP contribution in [0, 0.1) is 5.82 Å². The summed E-state index contributed by atoms with van der Waals surface area (Å²) in [5.41, 5.74) is 0.962. The van der Waals surface area contributed by atoms with Crippen molar-refractivity contribution in [2.75, 3.05) is 0 Å². The van der Waals surface area contributed by atoms with Crippen molar-refractivity contribution in [1.82, 2.24) is 10.2 Å². The van der Waals surface area contributed by atoms with Gasteiger partial charge in [-0.1, -0.05) is 24.4 Å². The highest BCUT2D eigenvalue weighted by molar-refractivity contribution is 7.80. The summed E-state index contributed by atoms with van der Waals surface area (Å²) in [6.07, 6.45) is 1.85. The minimum Gasteiger partial charge on any atom is -0.504 e. The summed E-state index contributed by atoms with van der Waals surface area (Å²) < 4.78 is 18.4. The molecule has 0 radical (unpaired) electrons. The number of nitrogens with zero attached hydrogens (tertiary/aromatic N) is 3. The van der Waals surface area contributed by atoms with Gasteiger partial charge in [-0.2, -0.15) is 0 Å². The Morgan fingerprint density at radius 3 is 2.64 bits per heavy atom. The van der Waals surface area contributed by atoms with Crippen molar-refractivity contribution in [3.63, 3.8) is 0 Å². The summed E-state index contributed by atoms with van der Waals surface area (Å²) in [6.45, 7) is 3.27. The smallest absolute Gasteiger partial charge is 0.270 e. The fourth-order valence-electron chi connectivity index (χ4n) is 1.71. The van der Waals surface area contributed by atoms with Crippen LogP contribution < -0.4 is 0 Å². The molecule has 22 heavy (non-hydrogen) atoms. The molecule has 114 valence electrons. The molecule has 7 heteroatoms. The van der Waals surface area contributed by atoms with Crippen LogP contribution in [-0.4, -0.2) is 26.4 Å². The molecule has 0 fully saturated rings. The highest BCUT2D eigenvalue weighted by atomic mass is 32.1. The summed E-state index contributed by atoms with van der Waals surface area (Å²) in [5, 5.41) is 17.7. The standard InChI is InChI=1S/C15H14FN3O2S/c1-3-17-13(14(20)9(2)22)15-19-18-12(21-15)8-10-4-6-11(16)7-5-10/h3-7,20H,8H2,1-2H3/b14-13+,17-3?. The predicted molar refractivity (Wildman–Crippen MR) is 85.5 cm³/mol. The van der Waals surface area contributed by atoms with Crippen LogP contribution in [0.3, 0.4) is 0 Å². The largest absolute Gasteiger partial charge is 0.504 e. The van der Waals surface area contributed by atoms with Crippen molar-refractivity contribution in [2.24, 2.45) is 4.99 Å². The van der Waals surface area contributed by atoms with E-state index in [4.69, 9.17) is 16.6 Å². The molecule has 0 saturated heterocycles. The van der Waals surface area contributed by atoms with Gasteiger partial charge in [0.25, 0.3) is 5.89 Å². The molecule has 1 heterocycles. The average Bonchev–Trinajstić information content (AvgIpc) is 2.94. The molecule has 0 amide bonds. The van der Waals surface area contributed by atoms with Gasteiger partial charge in [0.05, 0.1) is 11.3 Å². The lowest BCUT2D eigenvalue weighted by Crippen LogP contribution is -1.97. The molecule has 1 aromatic heterocycles. The lowest BCUT2D eigenvalue weighted by atomic mass is 10.1. The van der Waals surface area contributed by atoms with Gasteiger partial charge in [0, 0.05) is 6.21 Å². The van der Waals surface area contributed by atoms with E-state index in [2.05, 4.69) is 15.2 Å². The third-order valence-corrected chi connectivity index (χ3v) is 2.95. The van der Waals surface area contributed by atoms with E-state index in [0.29, 0.717) is 12.3 Å². The van der Waals surface area contributed by atoms with Gasteiger partial charge in [0.1, 0.15) is 5.82 Å². The van der Waals surface area contributed by atoms with Gasteiger partial charge in [-0.25, -0.2) is 4.39 Å². The highest BCUT2D eigenvalue weighted by Crippen LogP contribution is 2.20. The molecule has 0 aliphatic rings. The molecule has 0 bridgehead atoms. The zero-order valence-corrected chi connectivity index (χ0v) is 12.9. The Labute approximate surface area is 132 Å². The fourth-order valence-corrected chi connectivity index (χ4v) is 1.81. The normalized spacial score (nSPS) is 12.5. The topological polar surface area (TPSA) is 71.5 Å². The lowest BCUT2D eigenvalue weighted by Gasteiger charge is -2.00. The van der Waals surface area contributed by atoms with Gasteiger partial charge in [0.15, 0.2) is 11.5 Å². The first-order valence-corrected chi connectivity index (χ1v) is 6.92. The number of halogens is 1. The number of hydrogen-bond donors (Lipinski definition) is 1. The molecule has 0 saturated carbocycles. The SMILES string of the molecule is CC=N/C(=C(/O)C(C)=S)c1nnc(Cc2ccc(F)cc2)o1. The van der Waals surface area contributed by atoms with Crippen LogP contribution in [0.5, 0.6) is 0 Å². The zero-order valence-electron chi connectivity index (χ0n) is 12.1. The van der Waals surface area contributed by atoms with Crippen LogP contribution >= 0.6 is 12.2 Å².